The van der Waals surface area contributed by atoms with Gasteiger partial charge in [0.1, 0.15) is 5.75 Å². The van der Waals surface area contributed by atoms with E-state index >= 15 is 0 Å². The predicted molar refractivity (Wildman–Crippen MR) is 62.9 cm³/mol. The summed E-state index contributed by atoms with van der Waals surface area (Å²) in [6.07, 6.45) is 1.96. The number of ether oxygens (including phenoxy) is 1. The molecule has 0 aliphatic carbocycles. The second kappa shape index (κ2) is 5.49. The van der Waals surface area contributed by atoms with Gasteiger partial charge in [-0.15, -0.1) is 0 Å². The highest BCUT2D eigenvalue weighted by Gasteiger charge is 2.24. The van der Waals surface area contributed by atoms with Crippen LogP contribution in [0.5, 0.6) is 5.75 Å². The SMILES string of the molecule is O=C(c1ccc(OC(F)F)cc1)C1CCCS1. The molecule has 1 aliphatic heterocycles. The molecule has 0 N–H and O–H groups in total. The Balaban J connectivity index is 2.04. The van der Waals surface area contributed by atoms with Crippen molar-refractivity contribution >= 4 is 17.5 Å². The molecule has 1 saturated heterocycles. The van der Waals surface area contributed by atoms with Gasteiger partial charge >= 0.3 is 6.61 Å². The maximum atomic E-state index is 12.0. The van der Waals surface area contributed by atoms with E-state index in [2.05, 4.69) is 4.74 Å². The molecule has 0 spiro atoms. The Morgan fingerprint density at radius 1 is 1.35 bits per heavy atom. The Hall–Kier alpha value is -1.10. The van der Waals surface area contributed by atoms with E-state index in [0.29, 0.717) is 5.56 Å². The van der Waals surface area contributed by atoms with E-state index in [4.69, 9.17) is 0 Å². The number of hydrogen-bond acceptors (Lipinski definition) is 3. The monoisotopic (exact) mass is 258 g/mol. The third-order valence-electron chi connectivity index (χ3n) is 2.59. The van der Waals surface area contributed by atoms with Gasteiger partial charge in [0.25, 0.3) is 0 Å². The molecule has 1 aromatic carbocycles. The Kier molecular flexibility index (Phi) is 3.99. The van der Waals surface area contributed by atoms with Crippen molar-refractivity contribution in [1.82, 2.24) is 0 Å². The van der Waals surface area contributed by atoms with Gasteiger partial charge in [0.05, 0.1) is 5.25 Å². The Bertz CT molecular complexity index is 386. The van der Waals surface area contributed by atoms with Crippen molar-refractivity contribution in [2.45, 2.75) is 24.7 Å². The molecule has 1 aromatic rings. The molecule has 17 heavy (non-hydrogen) atoms. The van der Waals surface area contributed by atoms with Crippen molar-refractivity contribution in [2.75, 3.05) is 5.75 Å². The average Bonchev–Trinajstić information content (AvgIpc) is 2.82. The summed E-state index contributed by atoms with van der Waals surface area (Å²) in [6, 6.07) is 5.88. The molecule has 2 nitrogen and oxygen atoms in total. The zero-order chi connectivity index (χ0) is 12.3. The van der Waals surface area contributed by atoms with Gasteiger partial charge in [-0.2, -0.15) is 20.5 Å². The van der Waals surface area contributed by atoms with Crippen LogP contribution in [0.2, 0.25) is 0 Å². The van der Waals surface area contributed by atoms with Crippen LogP contribution in [0, 0.1) is 0 Å². The van der Waals surface area contributed by atoms with Crippen molar-refractivity contribution < 1.29 is 18.3 Å². The minimum absolute atomic E-state index is 0.0249. The number of rotatable bonds is 4. The van der Waals surface area contributed by atoms with Crippen LogP contribution >= 0.6 is 11.8 Å². The molecule has 1 fully saturated rings. The maximum absolute atomic E-state index is 12.0. The molecule has 5 heteroatoms. The molecule has 2 rings (SSSR count). The van der Waals surface area contributed by atoms with Crippen molar-refractivity contribution in [3.8, 4) is 5.75 Å². The van der Waals surface area contributed by atoms with Crippen molar-refractivity contribution in [2.24, 2.45) is 0 Å². The number of thioether (sulfide) groups is 1. The first-order chi connectivity index (χ1) is 8.16. The van der Waals surface area contributed by atoms with E-state index in [0.717, 1.165) is 18.6 Å². The van der Waals surface area contributed by atoms with Crippen LogP contribution in [-0.4, -0.2) is 23.4 Å². The summed E-state index contributed by atoms with van der Waals surface area (Å²) in [4.78, 5) is 12.0. The zero-order valence-electron chi connectivity index (χ0n) is 9.07. The summed E-state index contributed by atoms with van der Waals surface area (Å²) >= 11 is 1.66. The summed E-state index contributed by atoms with van der Waals surface area (Å²) in [6.45, 7) is -2.83. The van der Waals surface area contributed by atoms with Crippen molar-refractivity contribution in [3.63, 3.8) is 0 Å². The molecule has 1 unspecified atom stereocenters. The van der Waals surface area contributed by atoms with Gasteiger partial charge < -0.3 is 4.74 Å². The van der Waals surface area contributed by atoms with Gasteiger partial charge in [-0.05, 0) is 42.9 Å². The zero-order valence-corrected chi connectivity index (χ0v) is 9.88. The first kappa shape index (κ1) is 12.4. The lowest BCUT2D eigenvalue weighted by Gasteiger charge is -2.08. The molecular weight excluding hydrogens is 246 g/mol. The lowest BCUT2D eigenvalue weighted by molar-refractivity contribution is -0.0498. The molecule has 0 radical (unpaired) electrons. The third kappa shape index (κ3) is 3.19. The molecule has 92 valence electrons. The molecule has 1 heterocycles. The van der Waals surface area contributed by atoms with Gasteiger partial charge in [0, 0.05) is 5.56 Å². The molecule has 0 saturated carbocycles. The number of halogens is 2. The molecule has 1 atom stereocenters. The molecule has 0 bridgehead atoms. The van der Waals surface area contributed by atoms with E-state index < -0.39 is 6.61 Å². The smallest absolute Gasteiger partial charge is 0.387 e. The van der Waals surface area contributed by atoms with Crippen molar-refractivity contribution in [3.05, 3.63) is 29.8 Å². The van der Waals surface area contributed by atoms with E-state index in [9.17, 15) is 13.6 Å². The lowest BCUT2D eigenvalue weighted by atomic mass is 10.1. The van der Waals surface area contributed by atoms with Gasteiger partial charge in [-0.25, -0.2) is 0 Å². The third-order valence-corrected chi connectivity index (χ3v) is 3.96. The summed E-state index contributed by atoms with van der Waals surface area (Å²) in [5, 5.41) is 0.0249. The summed E-state index contributed by atoms with van der Waals surface area (Å²) in [7, 11) is 0. The fraction of sp³-hybridized carbons (Fsp3) is 0.417. The fourth-order valence-corrected chi connectivity index (χ4v) is 3.01. The number of alkyl halides is 2. The highest BCUT2D eigenvalue weighted by atomic mass is 32.2. The minimum Gasteiger partial charge on any atom is -0.435 e. The van der Waals surface area contributed by atoms with Crippen LogP contribution in [0.25, 0.3) is 0 Å². The Labute approximate surface area is 102 Å². The van der Waals surface area contributed by atoms with Gasteiger partial charge in [-0.1, -0.05) is 0 Å². The van der Waals surface area contributed by atoms with Crippen LogP contribution < -0.4 is 4.74 Å². The minimum atomic E-state index is -2.83. The molecule has 1 aliphatic rings. The molecular formula is C12H12F2O2S. The van der Waals surface area contributed by atoms with Gasteiger partial charge in [-0.3, -0.25) is 4.79 Å². The number of ketones is 1. The predicted octanol–water partition coefficient (Wildman–Crippen LogP) is 3.37. The van der Waals surface area contributed by atoms with Crippen LogP contribution in [0.3, 0.4) is 0 Å². The normalized spacial score (nSPS) is 19.6. The lowest BCUT2D eigenvalue weighted by Crippen LogP contribution is -2.13. The van der Waals surface area contributed by atoms with Crippen LogP contribution in [0.15, 0.2) is 24.3 Å². The van der Waals surface area contributed by atoms with Crippen molar-refractivity contribution in [1.29, 1.82) is 0 Å². The Morgan fingerprint density at radius 2 is 2.06 bits per heavy atom. The first-order valence-corrected chi connectivity index (χ1v) is 6.42. The number of hydrogen-bond donors (Lipinski definition) is 0. The van der Waals surface area contributed by atoms with E-state index in [1.165, 1.54) is 12.1 Å². The van der Waals surface area contributed by atoms with E-state index in [-0.39, 0.29) is 16.8 Å². The second-order valence-electron chi connectivity index (χ2n) is 3.77. The summed E-state index contributed by atoms with van der Waals surface area (Å²) in [5.41, 5.74) is 0.561. The number of carbonyl (C=O) groups excluding carboxylic acids is 1. The fourth-order valence-electron chi connectivity index (χ4n) is 1.77. The number of Topliss-reactive ketones (excluding diaryl/α,β-unsaturated/α-hetero) is 1. The summed E-state index contributed by atoms with van der Waals surface area (Å²) in [5.74, 6) is 1.18. The maximum Gasteiger partial charge on any atom is 0.387 e. The highest BCUT2D eigenvalue weighted by Crippen LogP contribution is 2.29. The standard InChI is InChI=1S/C12H12F2O2S/c13-12(14)16-9-5-3-8(4-6-9)11(15)10-2-1-7-17-10/h3-6,10,12H,1-2,7H2. The first-order valence-electron chi connectivity index (χ1n) is 5.37. The summed E-state index contributed by atoms with van der Waals surface area (Å²) < 4.78 is 28.1. The quantitative estimate of drug-likeness (QED) is 0.774. The Morgan fingerprint density at radius 3 is 2.59 bits per heavy atom. The second-order valence-corrected chi connectivity index (χ2v) is 5.08. The van der Waals surface area contributed by atoms with E-state index in [1.54, 1.807) is 23.9 Å². The largest absolute Gasteiger partial charge is 0.435 e. The number of benzene rings is 1. The van der Waals surface area contributed by atoms with Crippen LogP contribution in [-0.2, 0) is 0 Å². The molecule has 0 aromatic heterocycles. The van der Waals surface area contributed by atoms with Crippen LogP contribution in [0.4, 0.5) is 8.78 Å². The van der Waals surface area contributed by atoms with Gasteiger partial charge in [0.2, 0.25) is 0 Å². The van der Waals surface area contributed by atoms with Crippen LogP contribution in [0.1, 0.15) is 23.2 Å². The highest BCUT2D eigenvalue weighted by molar-refractivity contribution is 8.00. The topological polar surface area (TPSA) is 26.3 Å². The van der Waals surface area contributed by atoms with E-state index in [1.807, 2.05) is 0 Å². The average molecular weight is 258 g/mol. The molecule has 0 amide bonds. The van der Waals surface area contributed by atoms with Gasteiger partial charge in [0.15, 0.2) is 5.78 Å². The number of carbonyl (C=O) groups is 1.